The molecule has 94 valence electrons. The number of anilines is 1. The van der Waals surface area contributed by atoms with Gasteiger partial charge in [0.2, 0.25) is 5.91 Å². The van der Waals surface area contributed by atoms with Gasteiger partial charge in [-0.15, -0.1) is 0 Å². The van der Waals surface area contributed by atoms with E-state index in [-0.39, 0.29) is 34.2 Å². The van der Waals surface area contributed by atoms with Crippen molar-refractivity contribution in [2.75, 3.05) is 11.9 Å². The summed E-state index contributed by atoms with van der Waals surface area (Å²) in [5, 5.41) is 12.2. The lowest BCUT2D eigenvalue weighted by atomic mass is 10.1. The lowest BCUT2D eigenvalue weighted by Crippen LogP contribution is -2.28. The predicted octanol–water partition coefficient (Wildman–Crippen LogP) is 2.62. The maximum absolute atomic E-state index is 11.7. The fourth-order valence-corrected chi connectivity index (χ4v) is 1.83. The van der Waals surface area contributed by atoms with E-state index < -0.39 is 0 Å². The number of halogens is 2. The van der Waals surface area contributed by atoms with Crippen molar-refractivity contribution < 1.29 is 9.90 Å². The molecule has 1 atom stereocenters. The zero-order valence-corrected chi connectivity index (χ0v) is 10.8. The van der Waals surface area contributed by atoms with Crippen LogP contribution < -0.4 is 11.1 Å². The van der Waals surface area contributed by atoms with Gasteiger partial charge in [-0.1, -0.05) is 30.1 Å². The molecule has 4 N–H and O–H groups in total. The highest BCUT2D eigenvalue weighted by Gasteiger charge is 2.15. The molecule has 0 fully saturated rings. The van der Waals surface area contributed by atoms with Gasteiger partial charge in [-0.2, -0.15) is 0 Å². The molecular formula is C11H14Cl2N2O2. The predicted molar refractivity (Wildman–Crippen MR) is 69.6 cm³/mol. The number of hydrogen-bond donors (Lipinski definition) is 3. The Morgan fingerprint density at radius 2 is 2.00 bits per heavy atom. The SMILES string of the molecule is CCC(CN)C(=O)Nc1cc(Cl)c(O)c(Cl)c1. The minimum absolute atomic E-state index is 0.0913. The molecule has 1 unspecified atom stereocenters. The van der Waals surface area contributed by atoms with E-state index in [1.807, 2.05) is 6.92 Å². The first-order valence-corrected chi connectivity index (χ1v) is 5.94. The van der Waals surface area contributed by atoms with Crippen LogP contribution in [0.4, 0.5) is 5.69 Å². The largest absolute Gasteiger partial charge is 0.505 e. The van der Waals surface area contributed by atoms with Gasteiger partial charge < -0.3 is 16.2 Å². The summed E-state index contributed by atoms with van der Waals surface area (Å²) in [5.74, 6) is -0.633. The number of benzene rings is 1. The first-order chi connectivity index (χ1) is 7.99. The maximum Gasteiger partial charge on any atom is 0.228 e. The van der Waals surface area contributed by atoms with Crippen molar-refractivity contribution in [3.63, 3.8) is 0 Å². The van der Waals surface area contributed by atoms with E-state index in [1.54, 1.807) is 0 Å². The Kier molecular flexibility index (Phi) is 5.05. The summed E-state index contributed by atoms with van der Waals surface area (Å²) in [4.78, 5) is 11.7. The summed E-state index contributed by atoms with van der Waals surface area (Å²) < 4.78 is 0. The summed E-state index contributed by atoms with van der Waals surface area (Å²) in [7, 11) is 0. The topological polar surface area (TPSA) is 75.4 Å². The van der Waals surface area contributed by atoms with Gasteiger partial charge in [0.25, 0.3) is 0 Å². The highest BCUT2D eigenvalue weighted by molar-refractivity contribution is 6.37. The van der Waals surface area contributed by atoms with Crippen molar-refractivity contribution in [2.24, 2.45) is 11.7 Å². The van der Waals surface area contributed by atoms with Crippen LogP contribution in [-0.2, 0) is 4.79 Å². The summed E-state index contributed by atoms with van der Waals surface area (Å²) >= 11 is 11.5. The second-order valence-corrected chi connectivity index (χ2v) is 4.43. The Labute approximate surface area is 110 Å². The van der Waals surface area contributed by atoms with Crippen LogP contribution in [0.15, 0.2) is 12.1 Å². The van der Waals surface area contributed by atoms with Gasteiger partial charge in [-0.25, -0.2) is 0 Å². The number of rotatable bonds is 4. The zero-order valence-electron chi connectivity index (χ0n) is 9.34. The molecule has 0 aromatic heterocycles. The lowest BCUT2D eigenvalue weighted by Gasteiger charge is -2.13. The highest BCUT2D eigenvalue weighted by atomic mass is 35.5. The molecule has 0 radical (unpaired) electrons. The molecule has 4 nitrogen and oxygen atoms in total. The third-order valence-electron chi connectivity index (χ3n) is 2.43. The lowest BCUT2D eigenvalue weighted by molar-refractivity contribution is -0.119. The number of phenolic OH excluding ortho intramolecular Hbond substituents is 1. The number of carbonyl (C=O) groups is 1. The van der Waals surface area contributed by atoms with Crippen LogP contribution in [0.3, 0.4) is 0 Å². The standard InChI is InChI=1S/C11H14Cl2N2O2/c1-2-6(5-14)11(17)15-7-3-8(12)10(16)9(13)4-7/h3-4,6,16H,2,5,14H2,1H3,(H,15,17). The summed E-state index contributed by atoms with van der Waals surface area (Å²) in [6.07, 6.45) is 0.655. The van der Waals surface area contributed by atoms with E-state index in [0.717, 1.165) is 0 Å². The Morgan fingerprint density at radius 3 is 2.41 bits per heavy atom. The minimum Gasteiger partial charge on any atom is -0.505 e. The molecule has 6 heteroatoms. The van der Waals surface area contributed by atoms with Crippen molar-refractivity contribution in [1.82, 2.24) is 0 Å². The Bertz CT molecular complexity index is 397. The average molecular weight is 277 g/mol. The second kappa shape index (κ2) is 6.10. The van der Waals surface area contributed by atoms with Gasteiger partial charge in [-0.05, 0) is 18.6 Å². The Balaban J connectivity index is 2.85. The van der Waals surface area contributed by atoms with Gasteiger partial charge in [0.15, 0.2) is 5.75 Å². The van der Waals surface area contributed by atoms with Crippen LogP contribution in [0.2, 0.25) is 10.0 Å². The van der Waals surface area contributed by atoms with E-state index in [9.17, 15) is 9.90 Å². The van der Waals surface area contributed by atoms with Crippen LogP contribution in [0.1, 0.15) is 13.3 Å². The highest BCUT2D eigenvalue weighted by Crippen LogP contribution is 2.34. The van der Waals surface area contributed by atoms with E-state index in [4.69, 9.17) is 28.9 Å². The number of nitrogens with one attached hydrogen (secondary N) is 1. The van der Waals surface area contributed by atoms with Gasteiger partial charge in [0.05, 0.1) is 16.0 Å². The smallest absolute Gasteiger partial charge is 0.228 e. The van der Waals surface area contributed by atoms with Crippen LogP contribution >= 0.6 is 23.2 Å². The molecule has 0 bridgehead atoms. The molecule has 0 aliphatic rings. The van der Waals surface area contributed by atoms with E-state index in [0.29, 0.717) is 12.1 Å². The molecule has 17 heavy (non-hydrogen) atoms. The molecule has 0 spiro atoms. The fourth-order valence-electron chi connectivity index (χ4n) is 1.34. The van der Waals surface area contributed by atoms with Crippen LogP contribution in [0, 0.1) is 5.92 Å². The third kappa shape index (κ3) is 3.49. The first-order valence-electron chi connectivity index (χ1n) is 5.18. The van der Waals surface area contributed by atoms with Gasteiger partial charge >= 0.3 is 0 Å². The van der Waals surface area contributed by atoms with Crippen molar-refractivity contribution in [3.05, 3.63) is 22.2 Å². The molecule has 1 amide bonds. The van der Waals surface area contributed by atoms with Crippen molar-refractivity contribution in [3.8, 4) is 5.75 Å². The van der Waals surface area contributed by atoms with Gasteiger partial charge in [-0.3, -0.25) is 4.79 Å². The minimum atomic E-state index is -0.249. The monoisotopic (exact) mass is 276 g/mol. The fraction of sp³-hybridized carbons (Fsp3) is 0.364. The molecule has 0 saturated carbocycles. The molecule has 1 aromatic rings. The van der Waals surface area contributed by atoms with Gasteiger partial charge in [0.1, 0.15) is 0 Å². The molecule has 0 saturated heterocycles. The molecule has 0 aliphatic carbocycles. The summed E-state index contributed by atoms with van der Waals surface area (Å²) in [5.41, 5.74) is 5.91. The molecule has 0 aliphatic heterocycles. The van der Waals surface area contributed by atoms with Crippen molar-refractivity contribution in [1.29, 1.82) is 0 Å². The number of hydrogen-bond acceptors (Lipinski definition) is 3. The van der Waals surface area contributed by atoms with Crippen LogP contribution in [0.5, 0.6) is 5.75 Å². The van der Waals surface area contributed by atoms with E-state index in [1.165, 1.54) is 12.1 Å². The van der Waals surface area contributed by atoms with E-state index in [2.05, 4.69) is 5.32 Å². The quantitative estimate of drug-likeness (QED) is 0.740. The van der Waals surface area contributed by atoms with Crippen LogP contribution in [0.25, 0.3) is 0 Å². The summed E-state index contributed by atoms with van der Waals surface area (Å²) in [6.45, 7) is 2.16. The third-order valence-corrected chi connectivity index (χ3v) is 3.01. The molecule has 1 rings (SSSR count). The molecule has 0 heterocycles. The number of nitrogens with two attached hydrogens (primary N) is 1. The zero-order chi connectivity index (χ0) is 13.0. The Hall–Kier alpha value is -0.970. The van der Waals surface area contributed by atoms with Crippen molar-refractivity contribution >= 4 is 34.8 Å². The first kappa shape index (κ1) is 14.1. The second-order valence-electron chi connectivity index (χ2n) is 3.62. The van der Waals surface area contributed by atoms with E-state index >= 15 is 0 Å². The number of phenols is 1. The molecular weight excluding hydrogens is 263 g/mol. The average Bonchev–Trinajstić information content (AvgIpc) is 2.27. The van der Waals surface area contributed by atoms with Crippen molar-refractivity contribution in [2.45, 2.75) is 13.3 Å². The normalized spacial score (nSPS) is 12.2. The Morgan fingerprint density at radius 1 is 1.47 bits per heavy atom. The number of amides is 1. The molecule has 1 aromatic carbocycles. The number of carbonyl (C=O) groups excluding carboxylic acids is 1. The summed E-state index contributed by atoms with van der Waals surface area (Å²) in [6, 6.07) is 2.87. The maximum atomic E-state index is 11.7. The number of aromatic hydroxyl groups is 1. The van der Waals surface area contributed by atoms with Gasteiger partial charge in [0, 0.05) is 12.2 Å². The van der Waals surface area contributed by atoms with Crippen LogP contribution in [-0.4, -0.2) is 17.6 Å².